The van der Waals surface area contributed by atoms with Crippen LogP contribution in [0.1, 0.15) is 70.9 Å². The predicted molar refractivity (Wildman–Crippen MR) is 239 cm³/mol. The minimum Gasteiger partial charge on any atom is -0.497 e. The summed E-state index contributed by atoms with van der Waals surface area (Å²) in [5, 5.41) is 17.8. The fourth-order valence-corrected chi connectivity index (χ4v) is 13.6. The lowest BCUT2D eigenvalue weighted by Gasteiger charge is -2.37. The Labute approximate surface area is 352 Å². The predicted octanol–water partition coefficient (Wildman–Crippen LogP) is 7.30. The maximum Gasteiger partial charge on any atom is 0.264 e. The van der Waals surface area contributed by atoms with E-state index in [1.807, 2.05) is 65.6 Å². The number of nitrogens with one attached hydrogen (secondary N) is 2. The Bertz CT molecular complexity index is 2010. The van der Waals surface area contributed by atoms with Crippen LogP contribution in [0.3, 0.4) is 0 Å². The lowest BCUT2D eigenvalue weighted by Crippen LogP contribution is -2.52. The molecule has 0 aromatic heterocycles. The highest BCUT2D eigenvalue weighted by atomic mass is 28.3. The van der Waals surface area contributed by atoms with E-state index in [-0.39, 0.29) is 54.7 Å². The van der Waals surface area contributed by atoms with Crippen LogP contribution in [0.4, 0.5) is 11.4 Å². The van der Waals surface area contributed by atoms with Crippen molar-refractivity contribution >= 4 is 42.4 Å². The Balaban J connectivity index is 1.42. The number of fused-ring (bicyclic) bond motifs is 2. The topological polar surface area (TPSA) is 120 Å². The van der Waals surface area contributed by atoms with Gasteiger partial charge in [-0.25, -0.2) is 0 Å². The molecule has 1 spiro atoms. The molecule has 0 radical (unpaired) electrons. The van der Waals surface area contributed by atoms with E-state index in [9.17, 15) is 14.7 Å². The van der Waals surface area contributed by atoms with Crippen molar-refractivity contribution in [2.45, 2.75) is 96.7 Å². The Morgan fingerprint density at radius 2 is 1.81 bits per heavy atom. The van der Waals surface area contributed by atoms with E-state index in [1.165, 1.54) is 16.3 Å². The van der Waals surface area contributed by atoms with E-state index in [1.54, 1.807) is 12.0 Å². The molecule has 2 fully saturated rings. The van der Waals surface area contributed by atoms with E-state index >= 15 is 4.79 Å². The molecule has 1 unspecified atom stereocenters. The van der Waals surface area contributed by atoms with Gasteiger partial charge in [0.1, 0.15) is 5.75 Å². The molecular formula is C48H64N4O6Si. The van der Waals surface area contributed by atoms with Gasteiger partial charge in [0.15, 0.2) is 5.60 Å². The van der Waals surface area contributed by atoms with Gasteiger partial charge in [-0.05, 0) is 94.4 Å². The summed E-state index contributed by atoms with van der Waals surface area (Å²) in [7, 11) is -0.904. The number of hydrogen-bond acceptors (Lipinski definition) is 7. The summed E-state index contributed by atoms with van der Waals surface area (Å²) in [5.41, 5.74) is 3.97. The number of carbonyl (C=O) groups is 3. The van der Waals surface area contributed by atoms with Crippen LogP contribution in [0.2, 0.25) is 18.6 Å². The second-order valence-corrected chi connectivity index (χ2v) is 22.1. The van der Waals surface area contributed by atoms with Crippen LogP contribution in [-0.4, -0.2) is 81.8 Å². The molecule has 0 saturated carbocycles. The second-order valence-electron chi connectivity index (χ2n) is 17.4. The number of allylic oxidation sites excluding steroid dienone is 3. The van der Waals surface area contributed by atoms with Crippen LogP contribution in [0.15, 0.2) is 96.1 Å². The van der Waals surface area contributed by atoms with Crippen LogP contribution in [-0.2, 0) is 31.3 Å². The summed E-state index contributed by atoms with van der Waals surface area (Å²) < 4.78 is 12.9. The molecule has 6 rings (SSSR count). The molecule has 3 aromatic rings. The van der Waals surface area contributed by atoms with Gasteiger partial charge in [-0.15, -0.1) is 0 Å². The average Bonchev–Trinajstić information content (AvgIpc) is 3.65. The van der Waals surface area contributed by atoms with Crippen LogP contribution in [0.5, 0.6) is 5.75 Å². The zero-order valence-electron chi connectivity index (χ0n) is 36.1. The molecule has 0 aliphatic carbocycles. The van der Waals surface area contributed by atoms with Crippen LogP contribution < -0.4 is 25.5 Å². The zero-order valence-corrected chi connectivity index (χ0v) is 37.1. The molecule has 3 aromatic carbocycles. The van der Waals surface area contributed by atoms with E-state index in [0.29, 0.717) is 25.3 Å². The molecule has 10 nitrogen and oxygen atoms in total. The average molecular weight is 821 g/mol. The number of ether oxygens (including phenoxy) is 2. The first-order valence-electron chi connectivity index (χ1n) is 21.3. The van der Waals surface area contributed by atoms with E-state index in [2.05, 4.69) is 75.7 Å². The molecule has 3 heterocycles. The molecule has 3 amide bonds. The quantitative estimate of drug-likeness (QED) is 0.103. The number of nitrogens with zero attached hydrogens (tertiary/aromatic N) is 2. The van der Waals surface area contributed by atoms with Gasteiger partial charge >= 0.3 is 0 Å². The van der Waals surface area contributed by atoms with Gasteiger partial charge in [0, 0.05) is 43.3 Å². The third-order valence-corrected chi connectivity index (χ3v) is 17.2. The van der Waals surface area contributed by atoms with Crippen molar-refractivity contribution in [1.82, 2.24) is 10.2 Å². The number of hydrogen-bond donors (Lipinski definition) is 3. The first-order chi connectivity index (χ1) is 28.3. The number of methoxy groups -OCH3 is 1. The number of anilines is 2. The van der Waals surface area contributed by atoms with Gasteiger partial charge in [-0.1, -0.05) is 91.0 Å². The zero-order chi connectivity index (χ0) is 42.3. The number of rotatable bonds is 16. The summed E-state index contributed by atoms with van der Waals surface area (Å²) in [5.74, 6) is -0.0441. The van der Waals surface area contributed by atoms with Crippen LogP contribution in [0.25, 0.3) is 0 Å². The number of benzene rings is 3. The van der Waals surface area contributed by atoms with E-state index in [0.717, 1.165) is 54.8 Å². The summed E-state index contributed by atoms with van der Waals surface area (Å²) >= 11 is 0. The summed E-state index contributed by atoms with van der Waals surface area (Å²) in [6, 6.07) is 23.7. The second kappa shape index (κ2) is 19.2. The Kier molecular flexibility index (Phi) is 14.3. The lowest BCUT2D eigenvalue weighted by atomic mass is 9.82. The smallest absolute Gasteiger partial charge is 0.264 e. The molecule has 11 heteroatoms. The van der Waals surface area contributed by atoms with Gasteiger partial charge in [-0.3, -0.25) is 14.4 Å². The van der Waals surface area contributed by atoms with Gasteiger partial charge in [0.2, 0.25) is 11.8 Å². The maximum atomic E-state index is 15.4. The standard InChI is InChI=1S/C48H64N4O6Si/c1-33(2)13-11-14-34(3)24-26-52-42-23-18-38(50-46(55)37-17-12-25-49-31-37)29-41(42)48(47(52)56)35(4)45(59(6,7)40-21-19-39(57-5)20-22-40)43(58-48)30-44(54)51(27-28-53)32-36-15-9-8-10-16-36/h8-10,13,15-16,18-24,29,35,37,43,45,49,53H,11-12,14,17,25-28,30-32H2,1-7H3,(H,50,55)/b34-24+/t35-,37?,43+,45-,48+/m0/s1. The number of carbonyl (C=O) groups excluding carboxylic acids is 3. The molecule has 2 saturated heterocycles. The van der Waals surface area contributed by atoms with Crippen LogP contribution >= 0.6 is 0 Å². The van der Waals surface area contributed by atoms with Crippen molar-refractivity contribution in [3.8, 4) is 5.75 Å². The Hall–Kier alpha value is -4.55. The summed E-state index contributed by atoms with van der Waals surface area (Å²) in [4.78, 5) is 47.0. The summed E-state index contributed by atoms with van der Waals surface area (Å²) in [6.07, 6.45) is 7.38. The van der Waals surface area contributed by atoms with E-state index < -0.39 is 19.8 Å². The van der Waals surface area contributed by atoms with Gasteiger partial charge in [0.25, 0.3) is 5.91 Å². The van der Waals surface area contributed by atoms with Crippen molar-refractivity contribution < 1.29 is 29.0 Å². The maximum absolute atomic E-state index is 15.4. The fraction of sp³-hybridized carbons (Fsp3) is 0.479. The van der Waals surface area contributed by atoms with Crippen molar-refractivity contribution in [3.05, 3.63) is 107 Å². The summed E-state index contributed by atoms with van der Waals surface area (Å²) in [6.45, 7) is 15.3. The van der Waals surface area contributed by atoms with Gasteiger partial charge in [-0.2, -0.15) is 0 Å². The minimum absolute atomic E-state index is 0.0421. The highest BCUT2D eigenvalue weighted by Gasteiger charge is 2.66. The minimum atomic E-state index is -2.56. The molecule has 59 heavy (non-hydrogen) atoms. The highest BCUT2D eigenvalue weighted by Crippen LogP contribution is 2.60. The van der Waals surface area contributed by atoms with Crippen LogP contribution in [0, 0.1) is 11.8 Å². The molecule has 0 bridgehead atoms. The highest BCUT2D eigenvalue weighted by molar-refractivity contribution is 6.91. The molecule has 3 N–H and O–H groups in total. The van der Waals surface area contributed by atoms with Crippen molar-refractivity contribution in [2.75, 3.05) is 50.1 Å². The molecule has 5 atom stereocenters. The normalized spacial score (nSPS) is 22.9. The number of amides is 3. The Morgan fingerprint density at radius 3 is 2.47 bits per heavy atom. The SMILES string of the molecule is COc1ccc([Si](C)(C)[C@@H]2[C@@H](CC(=O)N(CCO)Cc3ccccc3)O[C@]3(C(=O)N(C/C=C(\C)CCC=C(C)C)c4ccc(NC(=O)C5CCCNC5)cc43)[C@H]2C)cc1. The van der Waals surface area contributed by atoms with Gasteiger partial charge in [0.05, 0.1) is 45.9 Å². The fourth-order valence-electron chi connectivity index (χ4n) is 9.55. The monoisotopic (exact) mass is 820 g/mol. The molecule has 3 aliphatic rings. The molecular weight excluding hydrogens is 757 g/mol. The van der Waals surface area contributed by atoms with Crippen molar-refractivity contribution in [2.24, 2.45) is 11.8 Å². The first kappa shape index (κ1) is 44.0. The largest absolute Gasteiger partial charge is 0.497 e. The van der Waals surface area contributed by atoms with Crippen molar-refractivity contribution in [3.63, 3.8) is 0 Å². The molecule has 3 aliphatic heterocycles. The number of piperidine rings is 1. The van der Waals surface area contributed by atoms with Gasteiger partial charge < -0.3 is 35.0 Å². The third-order valence-electron chi connectivity index (χ3n) is 12.8. The lowest BCUT2D eigenvalue weighted by molar-refractivity contribution is -0.149. The number of aliphatic hydroxyl groups is 1. The third kappa shape index (κ3) is 9.59. The molecule has 316 valence electrons. The Morgan fingerprint density at radius 1 is 1.07 bits per heavy atom. The number of aliphatic hydroxyl groups excluding tert-OH is 1. The van der Waals surface area contributed by atoms with Crippen molar-refractivity contribution in [1.29, 1.82) is 0 Å². The van der Waals surface area contributed by atoms with E-state index in [4.69, 9.17) is 9.47 Å². The first-order valence-corrected chi connectivity index (χ1v) is 24.4.